The Morgan fingerprint density at radius 1 is 0.917 bits per heavy atom. The average Bonchev–Trinajstić information content (AvgIpc) is 2.53. The van der Waals surface area contributed by atoms with E-state index in [1.54, 1.807) is 50.4 Å². The Bertz CT molecular complexity index is 858. The summed E-state index contributed by atoms with van der Waals surface area (Å²) >= 11 is 0. The van der Waals surface area contributed by atoms with Crippen LogP contribution in [0.15, 0.2) is 47.4 Å². The first kappa shape index (κ1) is 18.0. The van der Waals surface area contributed by atoms with Gasteiger partial charge in [0, 0.05) is 26.7 Å². The summed E-state index contributed by atoms with van der Waals surface area (Å²) in [6.45, 7) is 5.20. The molecule has 0 aliphatic carbocycles. The van der Waals surface area contributed by atoms with Crippen LogP contribution >= 0.6 is 0 Å². The number of benzene rings is 2. The van der Waals surface area contributed by atoms with Gasteiger partial charge < -0.3 is 4.90 Å². The number of rotatable bonds is 4. The molecule has 0 fully saturated rings. The lowest BCUT2D eigenvalue weighted by atomic mass is 10.2. The maximum atomic E-state index is 12.9. The fraction of sp³-hybridized carbons (Fsp3) is 0.278. The summed E-state index contributed by atoms with van der Waals surface area (Å²) < 4.78 is 27.0. The van der Waals surface area contributed by atoms with E-state index >= 15 is 0 Å². The summed E-state index contributed by atoms with van der Waals surface area (Å²) in [5.74, 6) is -0.0843. The van der Waals surface area contributed by atoms with E-state index in [9.17, 15) is 13.2 Å². The SMILES string of the molecule is CC(=O)N(C)c1ccc(N(C)S(=O)(=O)c2ccc(C)cc2C)cc1. The fourth-order valence-electron chi connectivity index (χ4n) is 2.44. The van der Waals surface area contributed by atoms with E-state index in [2.05, 4.69) is 0 Å². The smallest absolute Gasteiger partial charge is 0.264 e. The van der Waals surface area contributed by atoms with Crippen molar-refractivity contribution >= 4 is 27.3 Å². The first-order valence-electron chi connectivity index (χ1n) is 7.55. The predicted molar refractivity (Wildman–Crippen MR) is 97.0 cm³/mol. The van der Waals surface area contributed by atoms with Gasteiger partial charge in [0.15, 0.2) is 0 Å². The van der Waals surface area contributed by atoms with Gasteiger partial charge in [0.05, 0.1) is 10.6 Å². The highest BCUT2D eigenvalue weighted by molar-refractivity contribution is 7.92. The average molecular weight is 346 g/mol. The highest BCUT2D eigenvalue weighted by Gasteiger charge is 2.23. The molecule has 0 radical (unpaired) electrons. The zero-order valence-electron chi connectivity index (χ0n) is 14.6. The molecular weight excluding hydrogens is 324 g/mol. The molecule has 2 aromatic carbocycles. The van der Waals surface area contributed by atoms with Crippen LogP contribution in [0.2, 0.25) is 0 Å². The normalized spacial score (nSPS) is 11.2. The third kappa shape index (κ3) is 3.43. The van der Waals surface area contributed by atoms with Crippen molar-refractivity contribution in [3.05, 3.63) is 53.6 Å². The number of amides is 1. The molecular formula is C18H22N2O3S. The number of nitrogens with zero attached hydrogens (tertiary/aromatic N) is 2. The van der Waals surface area contributed by atoms with Crippen molar-refractivity contribution < 1.29 is 13.2 Å². The van der Waals surface area contributed by atoms with Crippen molar-refractivity contribution in [2.24, 2.45) is 0 Å². The number of carbonyl (C=O) groups excluding carboxylic acids is 1. The van der Waals surface area contributed by atoms with Gasteiger partial charge in [0.1, 0.15) is 0 Å². The molecule has 0 spiro atoms. The van der Waals surface area contributed by atoms with E-state index in [4.69, 9.17) is 0 Å². The summed E-state index contributed by atoms with van der Waals surface area (Å²) in [6, 6.07) is 12.1. The van der Waals surface area contributed by atoms with Gasteiger partial charge >= 0.3 is 0 Å². The summed E-state index contributed by atoms with van der Waals surface area (Å²) in [6.07, 6.45) is 0. The van der Waals surface area contributed by atoms with Crippen LogP contribution in [-0.4, -0.2) is 28.4 Å². The van der Waals surface area contributed by atoms with Gasteiger partial charge in [-0.1, -0.05) is 17.7 Å². The molecule has 0 bridgehead atoms. The van der Waals surface area contributed by atoms with Crippen LogP contribution in [0.5, 0.6) is 0 Å². The number of anilines is 2. The Morgan fingerprint density at radius 2 is 1.46 bits per heavy atom. The third-order valence-electron chi connectivity index (χ3n) is 4.04. The Morgan fingerprint density at radius 3 is 1.96 bits per heavy atom. The lowest BCUT2D eigenvalue weighted by Gasteiger charge is -2.22. The fourth-order valence-corrected chi connectivity index (χ4v) is 3.84. The number of hydrogen-bond acceptors (Lipinski definition) is 3. The van der Waals surface area contributed by atoms with Crippen LogP contribution in [0.4, 0.5) is 11.4 Å². The van der Waals surface area contributed by atoms with Crippen molar-refractivity contribution in [3.8, 4) is 0 Å². The molecule has 1 amide bonds. The van der Waals surface area contributed by atoms with Gasteiger partial charge in [-0.25, -0.2) is 8.42 Å². The first-order valence-corrected chi connectivity index (χ1v) is 8.99. The topological polar surface area (TPSA) is 57.7 Å². The molecule has 2 aromatic rings. The van der Waals surface area contributed by atoms with Gasteiger partial charge in [-0.2, -0.15) is 0 Å². The van der Waals surface area contributed by atoms with E-state index in [0.29, 0.717) is 16.3 Å². The Kier molecular flexibility index (Phi) is 4.99. The van der Waals surface area contributed by atoms with E-state index in [0.717, 1.165) is 11.1 Å². The molecule has 0 unspecified atom stereocenters. The second-order valence-corrected chi connectivity index (χ2v) is 7.77. The Hall–Kier alpha value is -2.34. The summed E-state index contributed by atoms with van der Waals surface area (Å²) in [5.41, 5.74) is 2.99. The zero-order valence-corrected chi connectivity index (χ0v) is 15.4. The van der Waals surface area contributed by atoms with E-state index in [1.165, 1.54) is 23.2 Å². The molecule has 0 aliphatic heterocycles. The second-order valence-electron chi connectivity index (χ2n) is 5.84. The summed E-state index contributed by atoms with van der Waals surface area (Å²) in [7, 11) is -0.436. The maximum Gasteiger partial charge on any atom is 0.264 e. The Balaban J connectivity index is 2.36. The van der Waals surface area contributed by atoms with Crippen LogP contribution in [0.3, 0.4) is 0 Å². The molecule has 2 rings (SSSR count). The van der Waals surface area contributed by atoms with Crippen LogP contribution in [0.25, 0.3) is 0 Å². The predicted octanol–water partition coefficient (Wildman–Crippen LogP) is 3.11. The highest BCUT2D eigenvalue weighted by Crippen LogP contribution is 2.26. The van der Waals surface area contributed by atoms with Crippen molar-refractivity contribution in [2.45, 2.75) is 25.7 Å². The van der Waals surface area contributed by atoms with Gasteiger partial charge in [-0.15, -0.1) is 0 Å². The maximum absolute atomic E-state index is 12.9. The molecule has 5 nitrogen and oxygen atoms in total. The first-order chi connectivity index (χ1) is 11.1. The lowest BCUT2D eigenvalue weighted by molar-refractivity contribution is -0.116. The van der Waals surface area contributed by atoms with Crippen molar-refractivity contribution in [3.63, 3.8) is 0 Å². The van der Waals surface area contributed by atoms with Crippen LogP contribution in [-0.2, 0) is 14.8 Å². The summed E-state index contributed by atoms with van der Waals surface area (Å²) in [5, 5.41) is 0. The third-order valence-corrected chi connectivity index (χ3v) is 5.99. The van der Waals surface area contributed by atoms with Crippen molar-refractivity contribution in [1.29, 1.82) is 0 Å². The second kappa shape index (κ2) is 6.65. The molecule has 0 aliphatic rings. The largest absolute Gasteiger partial charge is 0.316 e. The molecule has 6 heteroatoms. The van der Waals surface area contributed by atoms with Gasteiger partial charge in [0.25, 0.3) is 10.0 Å². The quantitative estimate of drug-likeness (QED) is 0.855. The molecule has 0 heterocycles. The number of sulfonamides is 1. The van der Waals surface area contributed by atoms with Crippen LogP contribution in [0.1, 0.15) is 18.1 Å². The Labute approximate surface area is 143 Å². The van der Waals surface area contributed by atoms with Gasteiger partial charge in [-0.05, 0) is 49.7 Å². The highest BCUT2D eigenvalue weighted by atomic mass is 32.2. The lowest BCUT2D eigenvalue weighted by Crippen LogP contribution is -2.27. The molecule has 0 N–H and O–H groups in total. The number of carbonyl (C=O) groups is 1. The minimum atomic E-state index is -3.64. The number of hydrogen-bond donors (Lipinski definition) is 0. The van der Waals surface area contributed by atoms with Gasteiger partial charge in [-0.3, -0.25) is 9.10 Å². The standard InChI is InChI=1S/C18H22N2O3S/c1-13-6-11-18(14(2)12-13)24(22,23)20(5)17-9-7-16(8-10-17)19(4)15(3)21/h6-12H,1-5H3. The number of aryl methyl sites for hydroxylation is 2. The molecule has 0 atom stereocenters. The molecule has 24 heavy (non-hydrogen) atoms. The minimum Gasteiger partial charge on any atom is -0.316 e. The van der Waals surface area contributed by atoms with E-state index in [1.807, 2.05) is 13.0 Å². The van der Waals surface area contributed by atoms with Gasteiger partial charge in [0.2, 0.25) is 5.91 Å². The molecule has 0 aromatic heterocycles. The summed E-state index contributed by atoms with van der Waals surface area (Å²) in [4.78, 5) is 13.2. The van der Waals surface area contributed by atoms with Crippen molar-refractivity contribution in [2.75, 3.05) is 23.3 Å². The van der Waals surface area contributed by atoms with E-state index in [-0.39, 0.29) is 5.91 Å². The monoisotopic (exact) mass is 346 g/mol. The molecule has 0 saturated carbocycles. The minimum absolute atomic E-state index is 0.0843. The van der Waals surface area contributed by atoms with Crippen LogP contribution in [0, 0.1) is 13.8 Å². The van der Waals surface area contributed by atoms with Crippen LogP contribution < -0.4 is 9.21 Å². The zero-order chi connectivity index (χ0) is 18.1. The van der Waals surface area contributed by atoms with Crippen molar-refractivity contribution in [1.82, 2.24) is 0 Å². The van der Waals surface area contributed by atoms with E-state index < -0.39 is 10.0 Å². The molecule has 128 valence electrons. The molecule has 0 saturated heterocycles.